The van der Waals surface area contributed by atoms with Gasteiger partial charge in [0.2, 0.25) is 0 Å². The van der Waals surface area contributed by atoms with Crippen molar-refractivity contribution in [2.75, 3.05) is 0 Å². The standard InChI is InChI=1S/C9H16N2O7/c1-4(7(14)15)10-9(18)11-5(8(16)17)2-3-6(12)13/h4-5,8,16-17H,2-3H2,1H3,(H,12,13)(H,14,15)(H2,10,11,18)/t4-,5-/m0/s1. The van der Waals surface area contributed by atoms with E-state index in [4.69, 9.17) is 20.4 Å². The van der Waals surface area contributed by atoms with E-state index in [1.165, 1.54) is 6.92 Å². The molecule has 0 aliphatic carbocycles. The van der Waals surface area contributed by atoms with E-state index in [0.717, 1.165) is 0 Å². The first-order valence-electron chi connectivity index (χ1n) is 5.11. The minimum atomic E-state index is -1.93. The minimum absolute atomic E-state index is 0.193. The topological polar surface area (TPSA) is 156 Å². The molecule has 0 saturated carbocycles. The summed E-state index contributed by atoms with van der Waals surface area (Å²) in [7, 11) is 0. The number of carbonyl (C=O) groups is 3. The van der Waals surface area contributed by atoms with Gasteiger partial charge in [-0.15, -0.1) is 0 Å². The van der Waals surface area contributed by atoms with Gasteiger partial charge in [-0.3, -0.25) is 9.59 Å². The van der Waals surface area contributed by atoms with Gasteiger partial charge >= 0.3 is 18.0 Å². The average Bonchev–Trinajstić information content (AvgIpc) is 2.23. The second kappa shape index (κ2) is 7.45. The number of amides is 2. The van der Waals surface area contributed by atoms with Crippen LogP contribution in [0.15, 0.2) is 0 Å². The third kappa shape index (κ3) is 6.66. The number of hydrogen-bond donors (Lipinski definition) is 6. The molecule has 0 fully saturated rings. The van der Waals surface area contributed by atoms with Crippen molar-refractivity contribution in [1.82, 2.24) is 10.6 Å². The molecule has 0 aliphatic heterocycles. The van der Waals surface area contributed by atoms with E-state index in [2.05, 4.69) is 5.32 Å². The second-order valence-corrected chi connectivity index (χ2v) is 3.63. The lowest BCUT2D eigenvalue weighted by Crippen LogP contribution is -2.51. The Balaban J connectivity index is 4.27. The minimum Gasteiger partial charge on any atom is -0.481 e. The Morgan fingerprint density at radius 3 is 2.06 bits per heavy atom. The highest BCUT2D eigenvalue weighted by atomic mass is 16.5. The van der Waals surface area contributed by atoms with E-state index in [1.807, 2.05) is 5.32 Å². The molecule has 2 atom stereocenters. The predicted molar refractivity (Wildman–Crippen MR) is 57.6 cm³/mol. The molecule has 9 nitrogen and oxygen atoms in total. The highest BCUT2D eigenvalue weighted by molar-refractivity contribution is 5.82. The van der Waals surface area contributed by atoms with Crippen LogP contribution in [0.5, 0.6) is 0 Å². The van der Waals surface area contributed by atoms with Crippen LogP contribution in [-0.4, -0.2) is 56.8 Å². The molecule has 0 spiro atoms. The molecule has 6 N–H and O–H groups in total. The summed E-state index contributed by atoms with van der Waals surface area (Å²) in [5.74, 6) is -2.40. The summed E-state index contributed by atoms with van der Waals surface area (Å²) < 4.78 is 0. The van der Waals surface area contributed by atoms with Crippen LogP contribution in [0, 0.1) is 0 Å². The van der Waals surface area contributed by atoms with Gasteiger partial charge < -0.3 is 31.1 Å². The summed E-state index contributed by atoms with van der Waals surface area (Å²) >= 11 is 0. The van der Waals surface area contributed by atoms with E-state index in [9.17, 15) is 14.4 Å². The number of carboxylic acid groups (broad SMARTS) is 2. The Labute approximate surface area is 102 Å². The van der Waals surface area contributed by atoms with Crippen molar-refractivity contribution >= 4 is 18.0 Å². The van der Waals surface area contributed by atoms with Gasteiger partial charge in [0.1, 0.15) is 6.04 Å². The Morgan fingerprint density at radius 2 is 1.67 bits per heavy atom. The molecule has 0 unspecified atom stereocenters. The Hall–Kier alpha value is -1.87. The highest BCUT2D eigenvalue weighted by Crippen LogP contribution is 2.01. The van der Waals surface area contributed by atoms with Crippen LogP contribution in [0.2, 0.25) is 0 Å². The summed E-state index contributed by atoms with van der Waals surface area (Å²) in [5, 5.41) is 38.9. The van der Waals surface area contributed by atoms with Crippen LogP contribution in [0.3, 0.4) is 0 Å². The number of aliphatic hydroxyl groups is 2. The number of nitrogens with one attached hydrogen (secondary N) is 2. The van der Waals surface area contributed by atoms with Crippen molar-refractivity contribution in [3.05, 3.63) is 0 Å². The second-order valence-electron chi connectivity index (χ2n) is 3.63. The lowest BCUT2D eigenvalue weighted by molar-refractivity contribution is -0.139. The van der Waals surface area contributed by atoms with Gasteiger partial charge in [0.05, 0.1) is 6.04 Å². The molecule has 9 heteroatoms. The van der Waals surface area contributed by atoms with Crippen LogP contribution in [-0.2, 0) is 9.59 Å². The van der Waals surface area contributed by atoms with E-state index in [0.29, 0.717) is 0 Å². The molecule has 0 aliphatic rings. The first-order valence-corrected chi connectivity index (χ1v) is 5.11. The zero-order valence-electron chi connectivity index (χ0n) is 9.66. The molecule has 0 aromatic carbocycles. The maximum atomic E-state index is 11.3. The maximum absolute atomic E-state index is 11.3. The molecule has 0 saturated heterocycles. The van der Waals surface area contributed by atoms with Crippen LogP contribution in [0.25, 0.3) is 0 Å². The Kier molecular flexibility index (Phi) is 6.68. The third-order valence-corrected chi connectivity index (χ3v) is 2.06. The normalized spacial score (nSPS) is 13.8. The molecule has 2 amide bonds. The van der Waals surface area contributed by atoms with E-state index in [1.54, 1.807) is 0 Å². The van der Waals surface area contributed by atoms with Crippen LogP contribution in [0.4, 0.5) is 4.79 Å². The lowest BCUT2D eigenvalue weighted by Gasteiger charge is -2.20. The average molecular weight is 264 g/mol. The van der Waals surface area contributed by atoms with Crippen LogP contribution < -0.4 is 10.6 Å². The fourth-order valence-corrected chi connectivity index (χ4v) is 1.04. The van der Waals surface area contributed by atoms with Crippen molar-refractivity contribution in [3.63, 3.8) is 0 Å². The van der Waals surface area contributed by atoms with Gasteiger partial charge in [-0.2, -0.15) is 0 Å². The fourth-order valence-electron chi connectivity index (χ4n) is 1.04. The van der Waals surface area contributed by atoms with Crippen molar-refractivity contribution < 1.29 is 34.8 Å². The number of aliphatic carboxylic acids is 2. The monoisotopic (exact) mass is 264 g/mol. The number of hydrogen-bond acceptors (Lipinski definition) is 5. The van der Waals surface area contributed by atoms with Gasteiger partial charge in [0, 0.05) is 6.42 Å². The smallest absolute Gasteiger partial charge is 0.325 e. The summed E-state index contributed by atoms with van der Waals surface area (Å²) in [6.45, 7) is 1.23. The molecule has 0 bridgehead atoms. The van der Waals surface area contributed by atoms with Gasteiger partial charge in [-0.25, -0.2) is 4.79 Å². The van der Waals surface area contributed by atoms with E-state index < -0.39 is 36.3 Å². The van der Waals surface area contributed by atoms with Crippen molar-refractivity contribution in [2.45, 2.75) is 38.1 Å². The number of carbonyl (C=O) groups excluding carboxylic acids is 1. The molecular weight excluding hydrogens is 248 g/mol. The van der Waals surface area contributed by atoms with Gasteiger partial charge in [0.15, 0.2) is 6.29 Å². The lowest BCUT2D eigenvalue weighted by atomic mass is 10.1. The summed E-state index contributed by atoms with van der Waals surface area (Å²) in [6, 6.07) is -3.27. The fraction of sp³-hybridized carbons (Fsp3) is 0.667. The zero-order valence-corrected chi connectivity index (χ0v) is 9.66. The van der Waals surface area contributed by atoms with Crippen molar-refractivity contribution in [3.8, 4) is 0 Å². The van der Waals surface area contributed by atoms with Crippen molar-refractivity contribution in [2.24, 2.45) is 0 Å². The molecule has 0 radical (unpaired) electrons. The van der Waals surface area contributed by atoms with Crippen LogP contribution >= 0.6 is 0 Å². The summed E-state index contributed by atoms with van der Waals surface area (Å²) in [4.78, 5) is 32.0. The van der Waals surface area contributed by atoms with Crippen LogP contribution in [0.1, 0.15) is 19.8 Å². The quantitative estimate of drug-likeness (QED) is 0.299. The SMILES string of the molecule is C[C@H](NC(=O)N[C@@H](CCC(=O)O)C(O)O)C(=O)O. The largest absolute Gasteiger partial charge is 0.481 e. The summed E-state index contributed by atoms with van der Waals surface area (Å²) in [5.41, 5.74) is 0. The van der Waals surface area contributed by atoms with Gasteiger partial charge in [-0.1, -0.05) is 0 Å². The first-order chi connectivity index (χ1) is 8.23. The maximum Gasteiger partial charge on any atom is 0.325 e. The Bertz CT molecular complexity index is 318. The molecule has 104 valence electrons. The molecule has 0 rings (SSSR count). The molecule has 0 aromatic rings. The zero-order chi connectivity index (χ0) is 14.3. The first kappa shape index (κ1) is 16.1. The third-order valence-electron chi connectivity index (χ3n) is 2.06. The number of rotatable bonds is 7. The van der Waals surface area contributed by atoms with E-state index >= 15 is 0 Å². The molecule has 0 aromatic heterocycles. The molecule has 0 heterocycles. The number of carboxylic acids is 2. The molecular formula is C9H16N2O7. The number of aliphatic hydroxyl groups excluding tert-OH is 1. The molecule has 18 heavy (non-hydrogen) atoms. The highest BCUT2D eigenvalue weighted by Gasteiger charge is 2.22. The van der Waals surface area contributed by atoms with Gasteiger partial charge in [-0.05, 0) is 13.3 Å². The van der Waals surface area contributed by atoms with E-state index in [-0.39, 0.29) is 12.8 Å². The predicted octanol–water partition coefficient (Wildman–Crippen LogP) is -1.70. The Morgan fingerprint density at radius 1 is 1.11 bits per heavy atom. The summed E-state index contributed by atoms with van der Waals surface area (Å²) in [6.07, 6.45) is -2.49. The van der Waals surface area contributed by atoms with Gasteiger partial charge in [0.25, 0.3) is 0 Å². The van der Waals surface area contributed by atoms with Crippen molar-refractivity contribution in [1.29, 1.82) is 0 Å². The number of urea groups is 1.